The Bertz CT molecular complexity index is 690. The van der Waals surface area contributed by atoms with Crippen molar-refractivity contribution in [2.75, 3.05) is 11.9 Å². The molecular weight excluding hydrogens is 314 g/mol. The third-order valence-electron chi connectivity index (χ3n) is 3.39. The average Bonchev–Trinajstić information content (AvgIpc) is 2.48. The molecule has 4 nitrogen and oxygen atoms in total. The highest BCUT2D eigenvalue weighted by Crippen LogP contribution is 2.22. The Morgan fingerprint density at radius 2 is 1.87 bits per heavy atom. The Morgan fingerprint density at radius 1 is 1.22 bits per heavy atom. The molecule has 2 aromatic carbocycles. The Morgan fingerprint density at radius 3 is 2.43 bits per heavy atom. The number of ether oxygens (including phenoxy) is 1. The molecule has 2 rings (SSSR count). The first-order chi connectivity index (χ1) is 10.8. The second kappa shape index (κ2) is 7.02. The van der Waals surface area contributed by atoms with Crippen molar-refractivity contribution >= 4 is 23.2 Å². The molecule has 2 N–H and O–H groups in total. The Balaban J connectivity index is 1.90. The van der Waals surface area contributed by atoms with Gasteiger partial charge in [0.1, 0.15) is 5.75 Å². The predicted octanol–water partition coefficient (Wildman–Crippen LogP) is 3.89. The van der Waals surface area contributed by atoms with E-state index in [2.05, 4.69) is 5.32 Å². The molecule has 23 heavy (non-hydrogen) atoms. The van der Waals surface area contributed by atoms with Crippen LogP contribution in [0.3, 0.4) is 0 Å². The molecule has 0 unspecified atom stereocenters. The lowest BCUT2D eigenvalue weighted by Crippen LogP contribution is -2.20. The van der Waals surface area contributed by atoms with Gasteiger partial charge < -0.3 is 15.2 Å². The van der Waals surface area contributed by atoms with Crippen LogP contribution >= 0.6 is 11.6 Å². The van der Waals surface area contributed by atoms with Crippen LogP contribution < -0.4 is 10.1 Å². The fourth-order valence-electron chi connectivity index (χ4n) is 1.98. The quantitative estimate of drug-likeness (QED) is 0.872. The first-order valence-corrected chi connectivity index (χ1v) is 7.65. The number of aliphatic hydroxyl groups is 1. The number of rotatable bonds is 5. The highest BCUT2D eigenvalue weighted by Gasteiger charge is 2.15. The van der Waals surface area contributed by atoms with Gasteiger partial charge in [-0.25, -0.2) is 0 Å². The molecule has 0 saturated heterocycles. The zero-order chi connectivity index (χ0) is 17.0. The van der Waals surface area contributed by atoms with E-state index in [1.165, 1.54) is 0 Å². The molecule has 0 heterocycles. The van der Waals surface area contributed by atoms with Gasteiger partial charge in [-0.05, 0) is 56.2 Å². The number of hydrogen-bond acceptors (Lipinski definition) is 3. The summed E-state index contributed by atoms with van der Waals surface area (Å²) in [5.74, 6) is 0.298. The number of anilines is 1. The van der Waals surface area contributed by atoms with Gasteiger partial charge >= 0.3 is 0 Å². The van der Waals surface area contributed by atoms with Crippen LogP contribution in [0.2, 0.25) is 5.02 Å². The van der Waals surface area contributed by atoms with Crippen molar-refractivity contribution < 1.29 is 14.6 Å². The summed E-state index contributed by atoms with van der Waals surface area (Å²) in [6.45, 7) is 5.22. The van der Waals surface area contributed by atoms with Crippen LogP contribution in [-0.4, -0.2) is 17.6 Å². The van der Waals surface area contributed by atoms with E-state index in [9.17, 15) is 9.90 Å². The lowest BCUT2D eigenvalue weighted by molar-refractivity contribution is -0.118. The first-order valence-electron chi connectivity index (χ1n) is 7.27. The number of amides is 1. The number of carbonyl (C=O) groups is 1. The average molecular weight is 334 g/mol. The van der Waals surface area contributed by atoms with E-state index in [4.69, 9.17) is 16.3 Å². The highest BCUT2D eigenvalue weighted by molar-refractivity contribution is 6.31. The molecule has 0 aliphatic rings. The van der Waals surface area contributed by atoms with Crippen LogP contribution in [0.4, 0.5) is 5.69 Å². The van der Waals surface area contributed by atoms with Crippen molar-refractivity contribution in [1.82, 2.24) is 0 Å². The predicted molar refractivity (Wildman–Crippen MR) is 92.0 cm³/mol. The van der Waals surface area contributed by atoms with Crippen LogP contribution in [0.1, 0.15) is 25.0 Å². The zero-order valence-corrected chi connectivity index (χ0v) is 14.1. The van der Waals surface area contributed by atoms with Gasteiger partial charge in [-0.15, -0.1) is 0 Å². The van der Waals surface area contributed by atoms with E-state index >= 15 is 0 Å². The van der Waals surface area contributed by atoms with E-state index in [0.717, 1.165) is 11.1 Å². The van der Waals surface area contributed by atoms with Crippen molar-refractivity contribution in [1.29, 1.82) is 0 Å². The van der Waals surface area contributed by atoms with E-state index in [-0.39, 0.29) is 12.5 Å². The number of carbonyl (C=O) groups excluding carboxylic acids is 1. The van der Waals surface area contributed by atoms with Gasteiger partial charge in [-0.1, -0.05) is 29.8 Å². The van der Waals surface area contributed by atoms with Gasteiger partial charge in [0.15, 0.2) is 6.61 Å². The fraction of sp³-hybridized carbons (Fsp3) is 0.278. The second-order valence-corrected chi connectivity index (χ2v) is 6.29. The first kappa shape index (κ1) is 17.3. The van der Waals surface area contributed by atoms with Gasteiger partial charge in [0, 0.05) is 10.7 Å². The molecule has 5 heteroatoms. The van der Waals surface area contributed by atoms with E-state index in [0.29, 0.717) is 16.5 Å². The summed E-state index contributed by atoms with van der Waals surface area (Å²) < 4.78 is 5.43. The normalized spacial score (nSPS) is 11.2. The third kappa shape index (κ3) is 4.98. The Kier molecular flexibility index (Phi) is 5.29. The lowest BCUT2D eigenvalue weighted by atomic mass is 9.99. The number of aryl methyl sites for hydroxylation is 1. The van der Waals surface area contributed by atoms with Crippen LogP contribution in [-0.2, 0) is 10.4 Å². The number of benzene rings is 2. The maximum atomic E-state index is 11.9. The summed E-state index contributed by atoms with van der Waals surface area (Å²) in [6, 6.07) is 12.3. The molecule has 0 fully saturated rings. The highest BCUT2D eigenvalue weighted by atomic mass is 35.5. The minimum atomic E-state index is -0.902. The third-order valence-corrected chi connectivity index (χ3v) is 3.79. The van der Waals surface area contributed by atoms with Gasteiger partial charge in [0.25, 0.3) is 5.91 Å². The summed E-state index contributed by atoms with van der Waals surface area (Å²) in [4.78, 5) is 11.9. The van der Waals surface area contributed by atoms with Gasteiger partial charge in [-0.3, -0.25) is 4.79 Å². The van der Waals surface area contributed by atoms with Crippen LogP contribution in [0, 0.1) is 6.92 Å². The minimum absolute atomic E-state index is 0.104. The number of halogens is 1. The fourth-order valence-corrected chi connectivity index (χ4v) is 2.16. The minimum Gasteiger partial charge on any atom is -0.484 e. The number of hydrogen-bond donors (Lipinski definition) is 2. The smallest absolute Gasteiger partial charge is 0.262 e. The Hall–Kier alpha value is -2.04. The summed E-state index contributed by atoms with van der Waals surface area (Å²) in [7, 11) is 0. The monoisotopic (exact) mass is 333 g/mol. The van der Waals surface area contributed by atoms with Crippen molar-refractivity contribution in [2.45, 2.75) is 26.4 Å². The van der Waals surface area contributed by atoms with Crippen molar-refractivity contribution in [3.8, 4) is 5.75 Å². The van der Waals surface area contributed by atoms with Gasteiger partial charge in [-0.2, -0.15) is 0 Å². The van der Waals surface area contributed by atoms with Crippen LogP contribution in [0.5, 0.6) is 5.75 Å². The van der Waals surface area contributed by atoms with Crippen LogP contribution in [0.25, 0.3) is 0 Å². The largest absolute Gasteiger partial charge is 0.484 e. The van der Waals surface area contributed by atoms with Gasteiger partial charge in [0.05, 0.1) is 5.60 Å². The summed E-state index contributed by atoms with van der Waals surface area (Å²) in [6.07, 6.45) is 0. The molecule has 0 aliphatic carbocycles. The van der Waals surface area contributed by atoms with Crippen LogP contribution in [0.15, 0.2) is 42.5 Å². The summed E-state index contributed by atoms with van der Waals surface area (Å²) in [5.41, 5.74) is 1.46. The van der Waals surface area contributed by atoms with Crippen molar-refractivity contribution in [2.24, 2.45) is 0 Å². The standard InChI is InChI=1S/C18H20ClNO3/c1-12-4-7-14(10-16(12)19)20-17(21)11-23-15-8-5-13(6-9-15)18(2,3)22/h4-10,22H,11H2,1-3H3,(H,20,21). The zero-order valence-electron chi connectivity index (χ0n) is 13.4. The van der Waals surface area contributed by atoms with E-state index in [1.54, 1.807) is 50.2 Å². The molecule has 122 valence electrons. The molecule has 0 spiro atoms. The molecule has 0 radical (unpaired) electrons. The molecule has 0 atom stereocenters. The van der Waals surface area contributed by atoms with Crippen molar-refractivity contribution in [3.63, 3.8) is 0 Å². The molecule has 0 aromatic heterocycles. The Labute approximate surface area is 141 Å². The van der Waals surface area contributed by atoms with E-state index < -0.39 is 5.60 Å². The molecule has 0 saturated carbocycles. The van der Waals surface area contributed by atoms with Gasteiger partial charge in [0.2, 0.25) is 0 Å². The molecule has 2 aromatic rings. The van der Waals surface area contributed by atoms with Crippen molar-refractivity contribution in [3.05, 3.63) is 58.6 Å². The maximum absolute atomic E-state index is 11.9. The lowest BCUT2D eigenvalue weighted by Gasteiger charge is -2.17. The topological polar surface area (TPSA) is 58.6 Å². The SMILES string of the molecule is Cc1ccc(NC(=O)COc2ccc(C(C)(C)O)cc2)cc1Cl. The maximum Gasteiger partial charge on any atom is 0.262 e. The summed E-state index contributed by atoms with van der Waals surface area (Å²) in [5, 5.41) is 13.2. The molecule has 0 aliphatic heterocycles. The number of nitrogens with one attached hydrogen (secondary N) is 1. The molecule has 0 bridgehead atoms. The molecule has 1 amide bonds. The summed E-state index contributed by atoms with van der Waals surface area (Å²) >= 11 is 6.02. The second-order valence-electron chi connectivity index (χ2n) is 5.88. The molecular formula is C18H20ClNO3. The van der Waals surface area contributed by atoms with E-state index in [1.807, 2.05) is 13.0 Å².